The number of aliphatic hydroxyl groups is 1. The Morgan fingerprint density at radius 3 is 2.23 bits per heavy atom. The Hall–Kier alpha value is -1.85. The summed E-state index contributed by atoms with van der Waals surface area (Å²) >= 11 is 1.54. The van der Waals surface area contributed by atoms with E-state index < -0.39 is 54.0 Å². The molecule has 0 bridgehead atoms. The number of likely N-dealkylation sites (tertiary alicyclic amines) is 1. The Morgan fingerprint density at radius 2 is 1.73 bits per heavy atom. The van der Waals surface area contributed by atoms with E-state index in [9.17, 15) is 29.4 Å². The van der Waals surface area contributed by atoms with Gasteiger partial charge in [0.15, 0.2) is 0 Å². The number of hydrogen-bond acceptors (Lipinski definition) is 7. The number of carbonyl (C=O) groups is 4. The number of amides is 3. The molecule has 0 aromatic carbocycles. The van der Waals surface area contributed by atoms with Gasteiger partial charge in [0.25, 0.3) is 0 Å². The topological polar surface area (TPSA) is 162 Å². The standard InChI is InChI=1S/C19H34N4O6S/c1-10(2)14(18(27)23-8-5-6-13(23)19(28)29)21-17(26)15(11(3)24)22-16(25)12(20)7-9-30-4/h10-15,24H,5-9,20H2,1-4H3,(H,21,26)(H,22,25)(H,28,29). The number of aliphatic carboxylic acids is 1. The highest BCUT2D eigenvalue weighted by Crippen LogP contribution is 2.20. The lowest BCUT2D eigenvalue weighted by molar-refractivity contribution is -0.150. The van der Waals surface area contributed by atoms with Crippen molar-refractivity contribution in [2.75, 3.05) is 18.6 Å². The van der Waals surface area contributed by atoms with E-state index >= 15 is 0 Å². The number of nitrogens with two attached hydrogens (primary N) is 1. The van der Waals surface area contributed by atoms with E-state index in [0.29, 0.717) is 31.6 Å². The molecule has 0 spiro atoms. The van der Waals surface area contributed by atoms with Gasteiger partial charge in [0.05, 0.1) is 12.1 Å². The van der Waals surface area contributed by atoms with Crippen molar-refractivity contribution in [1.29, 1.82) is 0 Å². The number of carboxylic acid groups (broad SMARTS) is 1. The van der Waals surface area contributed by atoms with Crippen molar-refractivity contribution in [2.45, 2.75) is 70.3 Å². The molecule has 1 heterocycles. The number of nitrogens with zero attached hydrogens (tertiary/aromatic N) is 1. The minimum Gasteiger partial charge on any atom is -0.480 e. The molecule has 0 radical (unpaired) electrons. The number of carbonyl (C=O) groups excluding carboxylic acids is 3. The fraction of sp³-hybridized carbons (Fsp3) is 0.789. The third kappa shape index (κ3) is 7.13. The molecule has 3 amide bonds. The first kappa shape index (κ1) is 26.2. The van der Waals surface area contributed by atoms with E-state index in [0.717, 1.165) is 0 Å². The molecule has 30 heavy (non-hydrogen) atoms. The highest BCUT2D eigenvalue weighted by atomic mass is 32.2. The van der Waals surface area contributed by atoms with Gasteiger partial charge >= 0.3 is 5.97 Å². The summed E-state index contributed by atoms with van der Waals surface area (Å²) in [5, 5.41) is 24.4. The fourth-order valence-electron chi connectivity index (χ4n) is 3.26. The first-order chi connectivity index (χ1) is 14.0. The van der Waals surface area contributed by atoms with Crippen LogP contribution >= 0.6 is 11.8 Å². The molecular formula is C19H34N4O6S. The quantitative estimate of drug-likeness (QED) is 0.274. The van der Waals surface area contributed by atoms with Gasteiger partial charge in [-0.05, 0) is 44.1 Å². The second-order valence-corrected chi connectivity index (χ2v) is 8.86. The predicted octanol–water partition coefficient (Wildman–Crippen LogP) is -0.851. The van der Waals surface area contributed by atoms with Gasteiger partial charge in [-0.1, -0.05) is 13.8 Å². The molecule has 11 heteroatoms. The molecule has 1 aliphatic rings. The minimum atomic E-state index is -1.29. The van der Waals surface area contributed by atoms with Crippen molar-refractivity contribution in [3.05, 3.63) is 0 Å². The van der Waals surface area contributed by atoms with Crippen LogP contribution in [-0.4, -0.2) is 87.6 Å². The second kappa shape index (κ2) is 12.1. The number of aliphatic hydroxyl groups excluding tert-OH is 1. The molecule has 1 fully saturated rings. The summed E-state index contributed by atoms with van der Waals surface area (Å²) in [6, 6.07) is -4.02. The zero-order valence-corrected chi connectivity index (χ0v) is 18.8. The van der Waals surface area contributed by atoms with Crippen LogP contribution in [0.25, 0.3) is 0 Å². The van der Waals surface area contributed by atoms with Crippen LogP contribution < -0.4 is 16.4 Å². The van der Waals surface area contributed by atoms with Crippen molar-refractivity contribution < 1.29 is 29.4 Å². The van der Waals surface area contributed by atoms with Gasteiger partial charge < -0.3 is 31.5 Å². The SMILES string of the molecule is CSCCC(N)C(=O)NC(C(=O)NC(C(=O)N1CCCC1C(=O)O)C(C)C)C(C)O. The average molecular weight is 447 g/mol. The highest BCUT2D eigenvalue weighted by Gasteiger charge is 2.39. The maximum Gasteiger partial charge on any atom is 0.326 e. The molecule has 1 saturated heterocycles. The summed E-state index contributed by atoms with van der Waals surface area (Å²) in [5.74, 6) is -2.52. The Bertz CT molecular complexity index is 630. The molecule has 172 valence electrons. The fourth-order valence-corrected chi connectivity index (χ4v) is 3.75. The highest BCUT2D eigenvalue weighted by molar-refractivity contribution is 7.98. The van der Waals surface area contributed by atoms with Crippen LogP contribution in [0.4, 0.5) is 0 Å². The van der Waals surface area contributed by atoms with E-state index in [1.165, 1.54) is 23.6 Å². The van der Waals surface area contributed by atoms with Crippen LogP contribution in [0, 0.1) is 5.92 Å². The molecule has 1 rings (SSSR count). The molecular weight excluding hydrogens is 412 g/mol. The summed E-state index contributed by atoms with van der Waals surface area (Å²) < 4.78 is 0. The summed E-state index contributed by atoms with van der Waals surface area (Å²) in [4.78, 5) is 50.7. The molecule has 10 nitrogen and oxygen atoms in total. The first-order valence-corrected chi connectivity index (χ1v) is 11.5. The maximum atomic E-state index is 13.0. The van der Waals surface area contributed by atoms with Gasteiger partial charge in [0, 0.05) is 6.54 Å². The summed E-state index contributed by atoms with van der Waals surface area (Å²) in [6.45, 7) is 5.10. The van der Waals surface area contributed by atoms with Gasteiger partial charge in [-0.3, -0.25) is 14.4 Å². The summed E-state index contributed by atoms with van der Waals surface area (Å²) in [6.07, 6.45) is 2.01. The van der Waals surface area contributed by atoms with E-state index in [1.54, 1.807) is 13.8 Å². The lowest BCUT2D eigenvalue weighted by Gasteiger charge is -2.31. The van der Waals surface area contributed by atoms with E-state index in [4.69, 9.17) is 5.73 Å². The van der Waals surface area contributed by atoms with E-state index in [1.807, 2.05) is 6.26 Å². The maximum absolute atomic E-state index is 13.0. The van der Waals surface area contributed by atoms with Gasteiger partial charge in [0.1, 0.15) is 18.1 Å². The molecule has 5 atom stereocenters. The Kier molecular flexibility index (Phi) is 10.6. The van der Waals surface area contributed by atoms with Crippen LogP contribution in [0.2, 0.25) is 0 Å². The number of carboxylic acids is 1. The summed E-state index contributed by atoms with van der Waals surface area (Å²) in [7, 11) is 0. The Labute approximate surface area is 181 Å². The molecule has 1 aliphatic heterocycles. The molecule has 0 aromatic rings. The van der Waals surface area contributed by atoms with Gasteiger partial charge in [-0.25, -0.2) is 4.79 Å². The van der Waals surface area contributed by atoms with Crippen LogP contribution in [0.5, 0.6) is 0 Å². The number of hydrogen-bond donors (Lipinski definition) is 5. The molecule has 0 aliphatic carbocycles. The number of thioether (sulfide) groups is 1. The lowest BCUT2D eigenvalue weighted by atomic mass is 10.0. The number of nitrogens with one attached hydrogen (secondary N) is 2. The molecule has 0 saturated carbocycles. The monoisotopic (exact) mass is 446 g/mol. The van der Waals surface area contributed by atoms with E-state index in [-0.39, 0.29) is 5.92 Å². The van der Waals surface area contributed by atoms with Gasteiger partial charge in [-0.15, -0.1) is 0 Å². The zero-order valence-electron chi connectivity index (χ0n) is 18.0. The minimum absolute atomic E-state index is 0.301. The normalized spacial score (nSPS) is 20.4. The van der Waals surface area contributed by atoms with Gasteiger partial charge in [0.2, 0.25) is 17.7 Å². The van der Waals surface area contributed by atoms with E-state index in [2.05, 4.69) is 10.6 Å². The third-order valence-electron chi connectivity index (χ3n) is 5.08. The zero-order chi connectivity index (χ0) is 23.0. The van der Waals surface area contributed by atoms with Crippen LogP contribution in [0.3, 0.4) is 0 Å². The van der Waals surface area contributed by atoms with Crippen molar-refractivity contribution in [1.82, 2.24) is 15.5 Å². The lowest BCUT2D eigenvalue weighted by Crippen LogP contribution is -2.60. The van der Waals surface area contributed by atoms with Crippen LogP contribution in [-0.2, 0) is 19.2 Å². The smallest absolute Gasteiger partial charge is 0.326 e. The average Bonchev–Trinajstić information content (AvgIpc) is 3.17. The third-order valence-corrected chi connectivity index (χ3v) is 5.73. The van der Waals surface area contributed by atoms with Crippen LogP contribution in [0.1, 0.15) is 40.0 Å². The van der Waals surface area contributed by atoms with Crippen molar-refractivity contribution in [3.63, 3.8) is 0 Å². The predicted molar refractivity (Wildman–Crippen MR) is 114 cm³/mol. The number of rotatable bonds is 11. The van der Waals surface area contributed by atoms with Crippen molar-refractivity contribution in [3.8, 4) is 0 Å². The van der Waals surface area contributed by atoms with Gasteiger partial charge in [-0.2, -0.15) is 11.8 Å². The largest absolute Gasteiger partial charge is 0.480 e. The van der Waals surface area contributed by atoms with Crippen LogP contribution in [0.15, 0.2) is 0 Å². The molecule has 5 unspecified atom stereocenters. The molecule has 0 aromatic heterocycles. The summed E-state index contributed by atoms with van der Waals surface area (Å²) in [5.41, 5.74) is 5.82. The Morgan fingerprint density at radius 1 is 1.13 bits per heavy atom. The second-order valence-electron chi connectivity index (χ2n) is 7.87. The van der Waals surface area contributed by atoms with Crippen molar-refractivity contribution in [2.24, 2.45) is 11.7 Å². The molecule has 6 N–H and O–H groups in total. The first-order valence-electron chi connectivity index (χ1n) is 10.1. The Balaban J connectivity index is 2.89. The van der Waals surface area contributed by atoms with Crippen molar-refractivity contribution >= 4 is 35.5 Å².